The highest BCUT2D eigenvalue weighted by atomic mass is 32.1. The van der Waals surface area contributed by atoms with E-state index in [9.17, 15) is 10.1 Å². The highest BCUT2D eigenvalue weighted by Crippen LogP contribution is 2.35. The number of nitrogens with zero attached hydrogens (tertiary/aromatic N) is 4. The largest absolute Gasteiger partial charge is 0.298 e. The molecule has 17 heavy (non-hydrogen) atoms. The number of anilines is 1. The molecule has 0 spiro atoms. The van der Waals surface area contributed by atoms with Gasteiger partial charge in [0, 0.05) is 11.5 Å². The van der Waals surface area contributed by atoms with Crippen LogP contribution in [0.25, 0.3) is 0 Å². The maximum absolute atomic E-state index is 12.1. The molecular weight excluding hydrogens is 238 g/mol. The number of hydrogen-bond donors (Lipinski definition) is 1. The zero-order valence-corrected chi connectivity index (χ0v) is 10.2. The second-order valence-electron chi connectivity index (χ2n) is 4.23. The lowest BCUT2D eigenvalue weighted by Gasteiger charge is -2.22. The van der Waals surface area contributed by atoms with Gasteiger partial charge in [0.25, 0.3) is 0 Å². The van der Waals surface area contributed by atoms with E-state index in [2.05, 4.69) is 26.2 Å². The molecule has 1 aromatic heterocycles. The molecular formula is C10H13N5OS. The molecule has 6 nitrogen and oxygen atoms in total. The van der Waals surface area contributed by atoms with E-state index < -0.39 is 5.41 Å². The van der Waals surface area contributed by atoms with Crippen LogP contribution in [0.2, 0.25) is 0 Å². The minimum absolute atomic E-state index is 0.263. The van der Waals surface area contributed by atoms with E-state index in [-0.39, 0.29) is 5.91 Å². The predicted octanol–water partition coefficient (Wildman–Crippen LogP) is 1.74. The smallest absolute Gasteiger partial charge is 0.246 e. The summed E-state index contributed by atoms with van der Waals surface area (Å²) in [6.07, 6.45) is 5.29. The number of hydrogen-bond acceptors (Lipinski definition) is 6. The molecule has 1 N–H and O–H groups in total. The van der Waals surface area contributed by atoms with Gasteiger partial charge in [0.1, 0.15) is 5.41 Å². The van der Waals surface area contributed by atoms with Crippen molar-refractivity contribution in [2.75, 3.05) is 5.32 Å². The van der Waals surface area contributed by atoms with Crippen LogP contribution in [-0.4, -0.2) is 20.7 Å². The molecule has 2 rings (SSSR count). The van der Waals surface area contributed by atoms with E-state index >= 15 is 0 Å². The number of nitriles is 1. The van der Waals surface area contributed by atoms with Gasteiger partial charge < -0.3 is 0 Å². The first-order chi connectivity index (χ1) is 8.27. The fourth-order valence-electron chi connectivity index (χ4n) is 2.12. The third kappa shape index (κ3) is 2.58. The van der Waals surface area contributed by atoms with E-state index in [0.29, 0.717) is 18.0 Å². The van der Waals surface area contributed by atoms with Gasteiger partial charge in [-0.15, -0.1) is 0 Å². The van der Waals surface area contributed by atoms with Crippen LogP contribution in [0.1, 0.15) is 38.5 Å². The van der Waals surface area contributed by atoms with Crippen molar-refractivity contribution in [2.24, 2.45) is 5.41 Å². The number of carbonyl (C=O) groups is 1. The van der Waals surface area contributed by atoms with E-state index in [0.717, 1.165) is 37.2 Å². The molecule has 1 amide bonds. The predicted molar refractivity (Wildman–Crippen MR) is 62.1 cm³/mol. The topological polar surface area (TPSA) is 91.6 Å². The van der Waals surface area contributed by atoms with Crippen molar-refractivity contribution in [1.29, 1.82) is 5.26 Å². The molecule has 1 fully saturated rings. The number of aromatic nitrogens is 3. The lowest BCUT2D eigenvalue weighted by atomic mass is 9.81. The maximum Gasteiger partial charge on any atom is 0.246 e. The monoisotopic (exact) mass is 251 g/mol. The van der Waals surface area contributed by atoms with Crippen molar-refractivity contribution < 1.29 is 4.79 Å². The number of rotatable bonds is 2. The van der Waals surface area contributed by atoms with Gasteiger partial charge in [-0.2, -0.15) is 5.26 Å². The van der Waals surface area contributed by atoms with Gasteiger partial charge in [-0.3, -0.25) is 10.1 Å². The Morgan fingerprint density at radius 3 is 2.59 bits per heavy atom. The van der Waals surface area contributed by atoms with Crippen LogP contribution in [0, 0.1) is 16.7 Å². The van der Waals surface area contributed by atoms with Crippen molar-refractivity contribution in [1.82, 2.24) is 14.8 Å². The molecule has 7 heteroatoms. The maximum atomic E-state index is 12.1. The van der Waals surface area contributed by atoms with Crippen molar-refractivity contribution in [2.45, 2.75) is 38.5 Å². The zero-order valence-electron chi connectivity index (χ0n) is 9.35. The third-order valence-electron chi connectivity index (χ3n) is 3.13. The molecule has 1 aliphatic carbocycles. The van der Waals surface area contributed by atoms with Gasteiger partial charge in [-0.25, -0.2) is 0 Å². The summed E-state index contributed by atoms with van der Waals surface area (Å²) in [6, 6.07) is 2.19. The fourth-order valence-corrected chi connectivity index (χ4v) is 2.48. The first-order valence-electron chi connectivity index (χ1n) is 5.65. The Kier molecular flexibility index (Phi) is 3.64. The molecule has 0 unspecified atom stereocenters. The van der Waals surface area contributed by atoms with Gasteiger partial charge in [0.2, 0.25) is 11.0 Å². The molecule has 1 saturated carbocycles. The standard InChI is InChI=1S/C10H13N5OS/c11-7-10(5-3-1-2-4-6-10)8(16)12-9-13-14-15-17-9/h1-6H2,(H,12,13,15,16). The lowest BCUT2D eigenvalue weighted by molar-refractivity contribution is -0.123. The normalized spacial score (nSPS) is 19.0. The van der Waals surface area contributed by atoms with Crippen LogP contribution >= 0.6 is 11.5 Å². The minimum Gasteiger partial charge on any atom is -0.298 e. The summed E-state index contributed by atoms with van der Waals surface area (Å²) < 4.78 is 3.57. The first-order valence-corrected chi connectivity index (χ1v) is 6.42. The summed E-state index contributed by atoms with van der Waals surface area (Å²) in [5.41, 5.74) is -0.901. The molecule has 0 aromatic carbocycles. The Morgan fingerprint density at radius 1 is 1.35 bits per heavy atom. The fraction of sp³-hybridized carbons (Fsp3) is 0.700. The average molecular weight is 251 g/mol. The molecule has 0 radical (unpaired) electrons. The second-order valence-corrected chi connectivity index (χ2v) is 4.96. The molecule has 90 valence electrons. The molecule has 0 saturated heterocycles. The summed E-state index contributed by atoms with van der Waals surface area (Å²) in [5.74, 6) is -0.263. The van der Waals surface area contributed by atoms with Crippen molar-refractivity contribution >= 4 is 22.6 Å². The van der Waals surface area contributed by atoms with Crippen molar-refractivity contribution in [3.05, 3.63) is 0 Å². The van der Waals surface area contributed by atoms with Gasteiger partial charge in [-0.1, -0.05) is 35.3 Å². The highest BCUT2D eigenvalue weighted by molar-refractivity contribution is 7.09. The van der Waals surface area contributed by atoms with Crippen LogP contribution in [0.15, 0.2) is 0 Å². The summed E-state index contributed by atoms with van der Waals surface area (Å²) in [4.78, 5) is 12.1. The van der Waals surface area contributed by atoms with Crippen LogP contribution in [-0.2, 0) is 4.79 Å². The van der Waals surface area contributed by atoms with Crippen LogP contribution < -0.4 is 5.32 Å². The molecule has 0 atom stereocenters. The molecule has 1 aliphatic rings. The Morgan fingerprint density at radius 2 is 2.06 bits per heavy atom. The molecule has 1 heterocycles. The van der Waals surface area contributed by atoms with Crippen LogP contribution in [0.3, 0.4) is 0 Å². The Labute approximate surface area is 103 Å². The zero-order chi connectivity index (χ0) is 12.1. The second kappa shape index (κ2) is 5.19. The number of amides is 1. The van der Waals surface area contributed by atoms with Crippen molar-refractivity contribution in [3.63, 3.8) is 0 Å². The summed E-state index contributed by atoms with van der Waals surface area (Å²) in [6.45, 7) is 0. The van der Waals surface area contributed by atoms with Crippen LogP contribution in [0.5, 0.6) is 0 Å². The Hall–Kier alpha value is -1.55. The number of carbonyl (C=O) groups excluding carboxylic acids is 1. The van der Waals surface area contributed by atoms with E-state index in [1.807, 2.05) is 0 Å². The first kappa shape index (κ1) is 11.9. The van der Waals surface area contributed by atoms with Gasteiger partial charge in [0.15, 0.2) is 0 Å². The number of nitrogens with one attached hydrogen (secondary N) is 1. The van der Waals surface area contributed by atoms with Gasteiger partial charge >= 0.3 is 0 Å². The Balaban J connectivity index is 2.11. The summed E-state index contributed by atoms with van der Waals surface area (Å²) >= 11 is 1.02. The van der Waals surface area contributed by atoms with Crippen molar-refractivity contribution in [3.8, 4) is 6.07 Å². The van der Waals surface area contributed by atoms with E-state index in [4.69, 9.17) is 0 Å². The minimum atomic E-state index is -0.901. The summed E-state index contributed by atoms with van der Waals surface area (Å²) in [7, 11) is 0. The summed E-state index contributed by atoms with van der Waals surface area (Å²) in [5, 5.41) is 19.4. The SMILES string of the molecule is N#CC1(C(=O)Nc2nnns2)CCCCCC1. The van der Waals surface area contributed by atoms with E-state index in [1.165, 1.54) is 0 Å². The molecule has 0 bridgehead atoms. The Bertz CT molecular complexity index is 416. The van der Waals surface area contributed by atoms with Crippen LogP contribution in [0.4, 0.5) is 5.13 Å². The molecule has 1 aromatic rings. The van der Waals surface area contributed by atoms with E-state index in [1.54, 1.807) is 0 Å². The average Bonchev–Trinajstić information content (AvgIpc) is 2.72. The molecule has 0 aliphatic heterocycles. The van der Waals surface area contributed by atoms with Gasteiger partial charge in [0.05, 0.1) is 6.07 Å². The quantitative estimate of drug-likeness (QED) is 0.808. The third-order valence-corrected chi connectivity index (χ3v) is 3.64. The highest BCUT2D eigenvalue weighted by Gasteiger charge is 2.39. The lowest BCUT2D eigenvalue weighted by Crippen LogP contribution is -2.34. The van der Waals surface area contributed by atoms with Gasteiger partial charge in [-0.05, 0) is 18.1 Å².